The number of halogens is 12. The van der Waals surface area contributed by atoms with Crippen molar-refractivity contribution in [3.05, 3.63) is 140 Å². The molecule has 0 bridgehead atoms. The number of hydrogen-bond donors (Lipinski definition) is 0. The van der Waals surface area contributed by atoms with Crippen LogP contribution in [0, 0.1) is 118 Å². The standard InChI is InChI=1S/3C12H15F4N2.C7H8.Ce/c3*1-3-18(4-2)6-5-17-12-10(15)8(13)7-9(14)11(12)16;1-7-5-3-2-4-6-7;/h3*7H,3-6H2,1-2H3;2-6H,1H3;/q3*-1;;+3. The van der Waals surface area contributed by atoms with Crippen LogP contribution in [0.5, 0.6) is 0 Å². The Balaban J connectivity index is 0.000000826. The number of nitrogens with zero attached hydrogens (tertiary/aromatic N) is 6. The number of benzene rings is 4. The minimum absolute atomic E-state index is 0. The summed E-state index contributed by atoms with van der Waals surface area (Å²) >= 11 is 0. The largest absolute Gasteiger partial charge is 3.00 e. The summed E-state index contributed by atoms with van der Waals surface area (Å²) in [5.74, 6) is -17.3. The summed E-state index contributed by atoms with van der Waals surface area (Å²) in [4.78, 5) is 5.94. The van der Waals surface area contributed by atoms with Crippen molar-refractivity contribution in [2.75, 3.05) is 78.5 Å². The zero-order valence-electron chi connectivity index (χ0n) is 35.8. The van der Waals surface area contributed by atoms with Crippen molar-refractivity contribution in [3.8, 4) is 0 Å². The van der Waals surface area contributed by atoms with Crippen LogP contribution in [0.3, 0.4) is 0 Å². The Hall–Kier alpha value is -3.30. The van der Waals surface area contributed by atoms with Gasteiger partial charge in [0.15, 0.2) is 34.9 Å². The molecule has 0 N–H and O–H groups in total. The predicted molar refractivity (Wildman–Crippen MR) is 217 cm³/mol. The van der Waals surface area contributed by atoms with E-state index in [1.54, 1.807) is 0 Å². The first-order valence-corrected chi connectivity index (χ1v) is 19.6. The molecule has 343 valence electrons. The molecule has 0 spiro atoms. The van der Waals surface area contributed by atoms with E-state index in [0.29, 0.717) is 19.6 Å². The molecular weight excluding hydrogens is 969 g/mol. The van der Waals surface area contributed by atoms with Crippen LogP contribution in [0.15, 0.2) is 48.5 Å². The Bertz CT molecular complexity index is 1620. The van der Waals surface area contributed by atoms with E-state index in [1.165, 1.54) is 5.56 Å². The summed E-state index contributed by atoms with van der Waals surface area (Å²) in [5.41, 5.74) is -1.30. The van der Waals surface area contributed by atoms with Gasteiger partial charge in [0.2, 0.25) is 0 Å². The van der Waals surface area contributed by atoms with Gasteiger partial charge in [-0.2, -0.15) is 0 Å². The summed E-state index contributed by atoms with van der Waals surface area (Å²) in [7, 11) is 0. The van der Waals surface area contributed by atoms with Crippen molar-refractivity contribution in [1.29, 1.82) is 0 Å². The molecule has 0 aliphatic heterocycles. The van der Waals surface area contributed by atoms with E-state index in [1.807, 2.05) is 74.4 Å². The van der Waals surface area contributed by atoms with E-state index in [9.17, 15) is 52.7 Å². The maximum atomic E-state index is 13.2. The average Bonchev–Trinajstić information content (AvgIpc) is 3.25. The number of likely N-dealkylation sites (N-methyl/N-ethyl adjacent to an activating group) is 3. The van der Waals surface area contributed by atoms with Gasteiger partial charge in [0, 0.05) is 18.2 Å². The molecule has 4 rings (SSSR count). The zero-order chi connectivity index (χ0) is 46.2. The molecule has 0 saturated carbocycles. The molecule has 0 aliphatic carbocycles. The minimum atomic E-state index is -1.45. The van der Waals surface area contributed by atoms with E-state index in [0.717, 1.165) is 39.3 Å². The van der Waals surface area contributed by atoms with Crippen LogP contribution in [-0.4, -0.2) is 93.2 Å². The molecule has 0 saturated heterocycles. The number of rotatable bonds is 18. The van der Waals surface area contributed by atoms with Crippen molar-refractivity contribution in [1.82, 2.24) is 14.7 Å². The molecular formula is C43H53CeF12N6. The summed E-state index contributed by atoms with van der Waals surface area (Å²) < 4.78 is 157. The molecule has 19 heteroatoms. The molecule has 4 aromatic rings. The third-order valence-corrected chi connectivity index (χ3v) is 8.95. The molecule has 0 unspecified atom stereocenters. The number of aryl methyl sites for hydroxylation is 1. The summed E-state index contributed by atoms with van der Waals surface area (Å²) in [6.45, 7) is 20.0. The fraction of sp³-hybridized carbons (Fsp3) is 0.442. The smallest absolute Gasteiger partial charge is 0.678 e. The molecule has 0 aliphatic rings. The quantitative estimate of drug-likeness (QED) is 0.0737. The van der Waals surface area contributed by atoms with Gasteiger partial charge >= 0.3 is 41.7 Å². The van der Waals surface area contributed by atoms with Gasteiger partial charge in [0.05, 0.1) is 0 Å². The van der Waals surface area contributed by atoms with E-state index in [4.69, 9.17) is 0 Å². The van der Waals surface area contributed by atoms with E-state index >= 15 is 0 Å². The third kappa shape index (κ3) is 19.6. The Morgan fingerprint density at radius 3 is 0.742 bits per heavy atom. The van der Waals surface area contributed by atoms with Crippen LogP contribution >= 0.6 is 0 Å². The summed E-state index contributed by atoms with van der Waals surface area (Å²) in [6, 6.07) is 10.8. The summed E-state index contributed by atoms with van der Waals surface area (Å²) in [6.07, 6.45) is 0. The van der Waals surface area contributed by atoms with Crippen LogP contribution in [0.4, 0.5) is 69.7 Å². The molecule has 62 heavy (non-hydrogen) atoms. The van der Waals surface area contributed by atoms with Gasteiger partial charge in [-0.3, -0.25) is 0 Å². The van der Waals surface area contributed by atoms with Crippen LogP contribution in [0.1, 0.15) is 47.1 Å². The average molecular weight is 1020 g/mol. The van der Waals surface area contributed by atoms with Gasteiger partial charge in [-0.15, -0.1) is 19.6 Å². The predicted octanol–water partition coefficient (Wildman–Crippen LogP) is 12.8. The fourth-order valence-electron chi connectivity index (χ4n) is 5.16. The third-order valence-electron chi connectivity index (χ3n) is 8.95. The van der Waals surface area contributed by atoms with Gasteiger partial charge in [-0.05, 0) is 65.8 Å². The summed E-state index contributed by atoms with van der Waals surface area (Å²) in [5, 5.41) is 10.8. The Kier molecular flexibility index (Phi) is 29.8. The zero-order valence-corrected chi connectivity index (χ0v) is 39.0. The van der Waals surface area contributed by atoms with Crippen LogP contribution in [0.25, 0.3) is 16.0 Å². The first kappa shape index (κ1) is 58.7. The first-order valence-electron chi connectivity index (χ1n) is 19.6. The monoisotopic (exact) mass is 1020 g/mol. The fourth-order valence-corrected chi connectivity index (χ4v) is 5.16. The topological polar surface area (TPSA) is 52.0 Å². The van der Waals surface area contributed by atoms with Crippen LogP contribution < -0.4 is 0 Å². The van der Waals surface area contributed by atoms with Gasteiger partial charge < -0.3 is 30.7 Å². The van der Waals surface area contributed by atoms with Crippen LogP contribution in [0.2, 0.25) is 0 Å². The van der Waals surface area contributed by atoms with E-state index < -0.39 is 86.9 Å². The van der Waals surface area contributed by atoms with E-state index in [2.05, 4.69) is 35.0 Å². The second kappa shape index (κ2) is 31.5. The van der Waals surface area contributed by atoms with E-state index in [-0.39, 0.29) is 79.6 Å². The van der Waals surface area contributed by atoms with Crippen molar-refractivity contribution in [3.63, 3.8) is 0 Å². The molecule has 6 nitrogen and oxygen atoms in total. The minimum Gasteiger partial charge on any atom is -0.678 e. The molecule has 0 heterocycles. The van der Waals surface area contributed by atoms with Crippen molar-refractivity contribution in [2.24, 2.45) is 0 Å². The van der Waals surface area contributed by atoms with Crippen molar-refractivity contribution >= 4 is 17.1 Å². The second-order valence-corrected chi connectivity index (χ2v) is 12.8. The van der Waals surface area contributed by atoms with Gasteiger partial charge in [0.1, 0.15) is 34.9 Å². The second-order valence-electron chi connectivity index (χ2n) is 12.8. The number of hydrogen-bond acceptors (Lipinski definition) is 3. The van der Waals surface area contributed by atoms with Gasteiger partial charge in [-0.1, -0.05) is 94.5 Å². The maximum absolute atomic E-state index is 13.2. The Morgan fingerprint density at radius 1 is 0.371 bits per heavy atom. The Labute approximate surface area is 390 Å². The normalized spacial score (nSPS) is 10.6. The van der Waals surface area contributed by atoms with Crippen LogP contribution in [-0.2, 0) is 0 Å². The molecule has 0 atom stereocenters. The molecule has 0 aromatic heterocycles. The maximum Gasteiger partial charge on any atom is 3.00 e. The van der Waals surface area contributed by atoms with Crippen molar-refractivity contribution < 1.29 is 94.4 Å². The molecule has 0 fully saturated rings. The first-order chi connectivity index (χ1) is 28.9. The Morgan fingerprint density at radius 2 is 0.581 bits per heavy atom. The van der Waals surface area contributed by atoms with Crippen molar-refractivity contribution in [2.45, 2.75) is 48.5 Å². The van der Waals surface area contributed by atoms with Gasteiger partial charge in [0.25, 0.3) is 0 Å². The molecule has 4 aromatic carbocycles. The molecule has 0 amide bonds. The van der Waals surface area contributed by atoms with Gasteiger partial charge in [-0.25, -0.2) is 52.7 Å². The SMILES string of the molecule is CCN(CC)CC[N-]c1c(F)c(F)cc(F)c1F.CCN(CC)CC[N-]c1c(F)c(F)cc(F)c1F.CCN(CC)CC[N-]c1c(F)c(F)cc(F)c1F.Cc1ccccc1.[Ce+3]. The molecule has 1 radical (unpaired) electrons.